The highest BCUT2D eigenvalue weighted by Gasteiger charge is 2.23. The first-order valence-electron chi connectivity index (χ1n) is 8.01. The molecular weight excluding hydrogens is 342 g/mol. The maximum atomic E-state index is 12.7. The van der Waals surface area contributed by atoms with E-state index in [4.69, 9.17) is 0 Å². The first-order chi connectivity index (χ1) is 11.4. The van der Waals surface area contributed by atoms with Crippen LogP contribution in [0.1, 0.15) is 38.1 Å². The number of likely N-dealkylation sites (N-methyl/N-ethyl adjacent to an activating group) is 1. The quantitative estimate of drug-likeness (QED) is 0.819. The SMILES string of the molecule is CCN(CC(=O)NC(C)(C)C)C(=O)c1cccc(S(=O)(=O)N(C)C)c1. The number of carbonyl (C=O) groups is 2. The van der Waals surface area contributed by atoms with Gasteiger partial charge in [0, 0.05) is 31.7 Å². The largest absolute Gasteiger partial charge is 0.350 e. The van der Waals surface area contributed by atoms with Crippen molar-refractivity contribution in [3.05, 3.63) is 29.8 Å². The van der Waals surface area contributed by atoms with Crippen molar-refractivity contribution in [2.75, 3.05) is 27.2 Å². The zero-order valence-electron chi connectivity index (χ0n) is 15.7. The molecule has 0 unspecified atom stereocenters. The Bertz CT molecular complexity index is 737. The molecule has 7 nitrogen and oxygen atoms in total. The maximum absolute atomic E-state index is 12.7. The molecule has 0 saturated heterocycles. The Morgan fingerprint density at radius 1 is 1.16 bits per heavy atom. The van der Waals surface area contributed by atoms with Gasteiger partial charge in [-0.05, 0) is 45.9 Å². The fourth-order valence-corrected chi connectivity index (χ4v) is 3.09. The lowest BCUT2D eigenvalue weighted by molar-refractivity contribution is -0.123. The molecule has 1 rings (SSSR count). The third-order valence-electron chi connectivity index (χ3n) is 3.38. The molecule has 0 saturated carbocycles. The molecule has 0 aliphatic rings. The minimum absolute atomic E-state index is 0.0403. The average molecular weight is 369 g/mol. The number of nitrogens with one attached hydrogen (secondary N) is 1. The molecule has 25 heavy (non-hydrogen) atoms. The smallest absolute Gasteiger partial charge is 0.254 e. The summed E-state index contributed by atoms with van der Waals surface area (Å²) in [4.78, 5) is 26.2. The van der Waals surface area contributed by atoms with E-state index in [1.54, 1.807) is 13.0 Å². The third-order valence-corrected chi connectivity index (χ3v) is 5.19. The second kappa shape index (κ2) is 7.97. The number of hydrogen-bond acceptors (Lipinski definition) is 4. The fraction of sp³-hybridized carbons (Fsp3) is 0.529. The van der Waals surface area contributed by atoms with Crippen LogP contribution < -0.4 is 5.32 Å². The molecule has 1 aromatic rings. The van der Waals surface area contributed by atoms with E-state index in [-0.39, 0.29) is 34.4 Å². The Kier molecular flexibility index (Phi) is 6.73. The summed E-state index contributed by atoms with van der Waals surface area (Å²) >= 11 is 0. The Morgan fingerprint density at radius 2 is 1.76 bits per heavy atom. The molecule has 0 bridgehead atoms. The Labute approximate surface area is 150 Å². The van der Waals surface area contributed by atoms with Crippen LogP contribution in [0.2, 0.25) is 0 Å². The molecule has 1 aromatic carbocycles. The Balaban J connectivity index is 3.03. The Hall–Kier alpha value is -1.93. The number of rotatable bonds is 6. The summed E-state index contributed by atoms with van der Waals surface area (Å²) in [6, 6.07) is 5.84. The molecule has 0 aromatic heterocycles. The van der Waals surface area contributed by atoms with E-state index in [1.807, 2.05) is 20.8 Å². The Morgan fingerprint density at radius 3 is 2.24 bits per heavy atom. The van der Waals surface area contributed by atoms with E-state index in [2.05, 4.69) is 5.32 Å². The summed E-state index contributed by atoms with van der Waals surface area (Å²) in [5.41, 5.74) is -0.160. The molecule has 1 N–H and O–H groups in total. The van der Waals surface area contributed by atoms with E-state index >= 15 is 0 Å². The van der Waals surface area contributed by atoms with Gasteiger partial charge in [0.2, 0.25) is 15.9 Å². The number of nitrogens with zero attached hydrogens (tertiary/aromatic N) is 2. The van der Waals surface area contributed by atoms with Gasteiger partial charge < -0.3 is 10.2 Å². The predicted octanol–water partition coefficient (Wildman–Crippen LogP) is 1.31. The van der Waals surface area contributed by atoms with Gasteiger partial charge in [0.1, 0.15) is 0 Å². The molecule has 8 heteroatoms. The summed E-state index contributed by atoms with van der Waals surface area (Å²) in [6.45, 7) is 7.59. The van der Waals surface area contributed by atoms with E-state index < -0.39 is 10.0 Å². The number of hydrogen-bond donors (Lipinski definition) is 1. The zero-order chi connectivity index (χ0) is 19.4. The van der Waals surface area contributed by atoms with Gasteiger partial charge in [0.25, 0.3) is 5.91 Å². The van der Waals surface area contributed by atoms with Crippen LogP contribution >= 0.6 is 0 Å². The monoisotopic (exact) mass is 369 g/mol. The van der Waals surface area contributed by atoms with Crippen molar-refractivity contribution in [1.29, 1.82) is 0 Å². The third kappa shape index (κ3) is 5.82. The number of amides is 2. The van der Waals surface area contributed by atoms with E-state index in [1.165, 1.54) is 37.2 Å². The van der Waals surface area contributed by atoms with Crippen LogP contribution in [0.15, 0.2) is 29.2 Å². The summed E-state index contributed by atoms with van der Waals surface area (Å²) in [5, 5.41) is 2.81. The number of sulfonamides is 1. The first kappa shape index (κ1) is 21.1. The molecule has 0 heterocycles. The van der Waals surface area contributed by atoms with Crippen molar-refractivity contribution in [3.63, 3.8) is 0 Å². The van der Waals surface area contributed by atoms with Gasteiger partial charge in [-0.25, -0.2) is 12.7 Å². The molecule has 0 fully saturated rings. The zero-order valence-corrected chi connectivity index (χ0v) is 16.5. The number of carbonyl (C=O) groups excluding carboxylic acids is 2. The van der Waals surface area contributed by atoms with E-state index in [9.17, 15) is 18.0 Å². The molecule has 140 valence electrons. The van der Waals surface area contributed by atoms with Crippen LogP contribution in [0.25, 0.3) is 0 Å². The summed E-state index contributed by atoms with van der Waals surface area (Å²) < 4.78 is 25.5. The summed E-state index contributed by atoms with van der Waals surface area (Å²) in [7, 11) is -0.770. The molecule has 0 atom stereocenters. The van der Waals surface area contributed by atoms with Crippen LogP contribution in [0, 0.1) is 0 Å². The van der Waals surface area contributed by atoms with Crippen molar-refractivity contribution in [3.8, 4) is 0 Å². The average Bonchev–Trinajstić information content (AvgIpc) is 2.50. The topological polar surface area (TPSA) is 86.8 Å². The van der Waals surface area contributed by atoms with Crippen molar-refractivity contribution >= 4 is 21.8 Å². The van der Waals surface area contributed by atoms with Gasteiger partial charge in [-0.15, -0.1) is 0 Å². The minimum atomic E-state index is -3.63. The lowest BCUT2D eigenvalue weighted by Crippen LogP contribution is -2.47. The second-order valence-corrected chi connectivity index (χ2v) is 9.08. The van der Waals surface area contributed by atoms with Gasteiger partial charge in [0.15, 0.2) is 0 Å². The normalized spacial score (nSPS) is 12.1. The minimum Gasteiger partial charge on any atom is -0.350 e. The highest BCUT2D eigenvalue weighted by Crippen LogP contribution is 2.16. The van der Waals surface area contributed by atoms with Crippen LogP contribution in [0.3, 0.4) is 0 Å². The molecule has 0 aliphatic carbocycles. The van der Waals surface area contributed by atoms with Gasteiger partial charge in [-0.2, -0.15) is 0 Å². The van der Waals surface area contributed by atoms with Gasteiger partial charge in [-0.3, -0.25) is 9.59 Å². The van der Waals surface area contributed by atoms with Crippen molar-refractivity contribution < 1.29 is 18.0 Å². The van der Waals surface area contributed by atoms with Crippen molar-refractivity contribution in [2.45, 2.75) is 38.1 Å². The van der Waals surface area contributed by atoms with Crippen LogP contribution in [-0.2, 0) is 14.8 Å². The van der Waals surface area contributed by atoms with Crippen LogP contribution in [0.5, 0.6) is 0 Å². The summed E-state index contributed by atoms with van der Waals surface area (Å²) in [5.74, 6) is -0.651. The van der Waals surface area contributed by atoms with Crippen LogP contribution in [0.4, 0.5) is 0 Å². The second-order valence-electron chi connectivity index (χ2n) is 6.93. The van der Waals surface area contributed by atoms with Crippen LogP contribution in [-0.4, -0.2) is 62.2 Å². The maximum Gasteiger partial charge on any atom is 0.254 e. The van der Waals surface area contributed by atoms with Crippen molar-refractivity contribution in [1.82, 2.24) is 14.5 Å². The molecule has 0 spiro atoms. The first-order valence-corrected chi connectivity index (χ1v) is 9.45. The van der Waals surface area contributed by atoms with Gasteiger partial charge in [-0.1, -0.05) is 6.07 Å². The fourth-order valence-electron chi connectivity index (χ4n) is 2.14. The van der Waals surface area contributed by atoms with E-state index in [0.29, 0.717) is 6.54 Å². The molecular formula is C17H27N3O4S. The highest BCUT2D eigenvalue weighted by molar-refractivity contribution is 7.89. The van der Waals surface area contributed by atoms with Gasteiger partial charge >= 0.3 is 0 Å². The van der Waals surface area contributed by atoms with Crippen molar-refractivity contribution in [2.24, 2.45) is 0 Å². The lowest BCUT2D eigenvalue weighted by atomic mass is 10.1. The molecule has 2 amide bonds. The van der Waals surface area contributed by atoms with Gasteiger partial charge in [0.05, 0.1) is 11.4 Å². The summed E-state index contributed by atoms with van der Waals surface area (Å²) in [6.07, 6.45) is 0. The highest BCUT2D eigenvalue weighted by atomic mass is 32.2. The lowest BCUT2D eigenvalue weighted by Gasteiger charge is -2.25. The molecule has 0 aliphatic heterocycles. The standard InChI is InChI=1S/C17H27N3O4S/c1-7-20(12-15(21)18-17(2,3)4)16(22)13-9-8-10-14(11-13)25(23,24)19(5)6/h8-11H,7,12H2,1-6H3,(H,18,21). The molecule has 0 radical (unpaired) electrons. The van der Waals surface area contributed by atoms with E-state index in [0.717, 1.165) is 4.31 Å². The number of benzene rings is 1. The predicted molar refractivity (Wildman–Crippen MR) is 96.8 cm³/mol.